The summed E-state index contributed by atoms with van der Waals surface area (Å²) in [6.45, 7) is 5.90. The van der Waals surface area contributed by atoms with Crippen LogP contribution in [0, 0.1) is 6.92 Å². The lowest BCUT2D eigenvalue weighted by atomic mass is 10.1. The minimum Gasteiger partial charge on any atom is -0.309 e. The molecule has 1 atom stereocenters. The lowest BCUT2D eigenvalue weighted by Crippen LogP contribution is -2.28. The number of nitrogens with one attached hydrogen (secondary N) is 1. The number of fused-ring (bicyclic) bond motifs is 1. The maximum absolute atomic E-state index is 12.6. The summed E-state index contributed by atoms with van der Waals surface area (Å²) in [5.74, 6) is 0.331. The fraction of sp³-hybridized carbons (Fsp3) is 0.333. The molecule has 1 aromatic carbocycles. The third-order valence-corrected chi connectivity index (χ3v) is 4.32. The molecule has 2 aromatic heterocycles. The van der Waals surface area contributed by atoms with Gasteiger partial charge in [-0.1, -0.05) is 19.1 Å². The van der Waals surface area contributed by atoms with E-state index >= 15 is 0 Å². The van der Waals surface area contributed by atoms with Gasteiger partial charge in [-0.25, -0.2) is 9.67 Å². The van der Waals surface area contributed by atoms with Gasteiger partial charge in [0.05, 0.1) is 29.5 Å². The number of hydrogen-bond acceptors (Lipinski definition) is 4. The number of aromatic nitrogens is 4. The van der Waals surface area contributed by atoms with E-state index in [1.54, 1.807) is 23.0 Å². The van der Waals surface area contributed by atoms with E-state index in [-0.39, 0.29) is 24.1 Å². The number of anilines is 1. The molecule has 0 saturated heterocycles. The van der Waals surface area contributed by atoms with Crippen LogP contribution in [0.15, 0.2) is 41.6 Å². The van der Waals surface area contributed by atoms with Crippen LogP contribution in [-0.4, -0.2) is 25.2 Å². The highest BCUT2D eigenvalue weighted by molar-refractivity contribution is 5.90. The summed E-state index contributed by atoms with van der Waals surface area (Å²) in [5.41, 5.74) is 1.38. The van der Waals surface area contributed by atoms with Gasteiger partial charge >= 0.3 is 0 Å². The van der Waals surface area contributed by atoms with Gasteiger partial charge in [-0.15, -0.1) is 0 Å². The first-order chi connectivity index (χ1) is 12.0. The average Bonchev–Trinajstić information content (AvgIpc) is 3.05. The van der Waals surface area contributed by atoms with E-state index < -0.39 is 0 Å². The number of rotatable bonds is 5. The Labute approximate surface area is 145 Å². The van der Waals surface area contributed by atoms with Crippen molar-refractivity contribution in [2.24, 2.45) is 0 Å². The fourth-order valence-corrected chi connectivity index (χ4v) is 2.72. The van der Waals surface area contributed by atoms with Crippen LogP contribution in [0.25, 0.3) is 10.9 Å². The molecule has 0 saturated carbocycles. The van der Waals surface area contributed by atoms with Crippen molar-refractivity contribution in [1.29, 1.82) is 0 Å². The van der Waals surface area contributed by atoms with Gasteiger partial charge in [-0.3, -0.25) is 14.2 Å². The predicted molar refractivity (Wildman–Crippen MR) is 96.6 cm³/mol. The van der Waals surface area contributed by atoms with Crippen LogP contribution in [0.2, 0.25) is 0 Å². The summed E-state index contributed by atoms with van der Waals surface area (Å²) in [4.78, 5) is 29.2. The third-order valence-electron chi connectivity index (χ3n) is 4.32. The molecule has 1 unspecified atom stereocenters. The van der Waals surface area contributed by atoms with Crippen molar-refractivity contribution < 1.29 is 4.79 Å². The van der Waals surface area contributed by atoms with E-state index in [9.17, 15) is 9.59 Å². The summed E-state index contributed by atoms with van der Waals surface area (Å²) >= 11 is 0. The van der Waals surface area contributed by atoms with E-state index in [0.717, 1.165) is 12.0 Å². The van der Waals surface area contributed by atoms with Crippen LogP contribution < -0.4 is 10.9 Å². The molecule has 0 aliphatic heterocycles. The molecular weight excluding hydrogens is 318 g/mol. The fourth-order valence-electron chi connectivity index (χ4n) is 2.72. The van der Waals surface area contributed by atoms with Gasteiger partial charge in [0.1, 0.15) is 12.4 Å². The molecule has 0 bridgehead atoms. The third kappa shape index (κ3) is 3.31. The minimum absolute atomic E-state index is 0.0958. The summed E-state index contributed by atoms with van der Waals surface area (Å²) in [7, 11) is 0. The molecule has 3 aromatic rings. The quantitative estimate of drug-likeness (QED) is 0.774. The molecule has 25 heavy (non-hydrogen) atoms. The van der Waals surface area contributed by atoms with Crippen LogP contribution >= 0.6 is 0 Å². The molecule has 0 aliphatic carbocycles. The van der Waals surface area contributed by atoms with Gasteiger partial charge in [-0.05, 0) is 31.9 Å². The van der Waals surface area contributed by atoms with E-state index in [1.807, 2.05) is 26.0 Å². The highest BCUT2D eigenvalue weighted by Gasteiger charge is 2.13. The van der Waals surface area contributed by atoms with Crippen LogP contribution in [-0.2, 0) is 11.3 Å². The molecule has 1 N–H and O–H groups in total. The molecule has 0 aliphatic rings. The van der Waals surface area contributed by atoms with Crippen LogP contribution in [0.1, 0.15) is 31.9 Å². The Kier molecular flexibility index (Phi) is 4.65. The van der Waals surface area contributed by atoms with Crippen molar-refractivity contribution in [3.8, 4) is 0 Å². The first-order valence-electron chi connectivity index (χ1n) is 8.29. The summed E-state index contributed by atoms with van der Waals surface area (Å²) in [5, 5.41) is 7.57. The number of carbonyl (C=O) groups is 1. The average molecular weight is 339 g/mol. The number of hydrogen-bond donors (Lipinski definition) is 1. The van der Waals surface area contributed by atoms with Gasteiger partial charge < -0.3 is 5.32 Å². The number of carbonyl (C=O) groups excluding carboxylic acids is 1. The molecule has 0 fully saturated rings. The van der Waals surface area contributed by atoms with E-state index in [2.05, 4.69) is 22.3 Å². The maximum atomic E-state index is 12.6. The number of aryl methyl sites for hydroxylation is 1. The van der Waals surface area contributed by atoms with Crippen molar-refractivity contribution >= 4 is 22.6 Å². The molecule has 1 amide bonds. The van der Waals surface area contributed by atoms with Crippen LogP contribution in [0.3, 0.4) is 0 Å². The number of para-hydroxylation sites is 1. The molecular formula is C18H21N5O2. The van der Waals surface area contributed by atoms with E-state index in [1.165, 1.54) is 10.9 Å². The summed E-state index contributed by atoms with van der Waals surface area (Å²) < 4.78 is 3.09. The first-order valence-corrected chi connectivity index (χ1v) is 8.29. The topological polar surface area (TPSA) is 81.8 Å². The SMILES string of the molecule is CCC(C)n1nccc1NC(=O)Cn1cnc2c(C)cccc2c1=O. The van der Waals surface area contributed by atoms with E-state index in [4.69, 9.17) is 0 Å². The van der Waals surface area contributed by atoms with Gasteiger partial charge in [0.2, 0.25) is 5.91 Å². The van der Waals surface area contributed by atoms with Crippen LogP contribution in [0.5, 0.6) is 0 Å². The maximum Gasteiger partial charge on any atom is 0.261 e. The van der Waals surface area contributed by atoms with Gasteiger partial charge in [0.15, 0.2) is 0 Å². The first kappa shape index (κ1) is 16.9. The normalized spacial score (nSPS) is 12.3. The Hall–Kier alpha value is -2.96. The predicted octanol–water partition coefficient (Wildman–Crippen LogP) is 2.51. The largest absolute Gasteiger partial charge is 0.309 e. The molecule has 7 nitrogen and oxygen atoms in total. The second kappa shape index (κ2) is 6.88. The molecule has 7 heteroatoms. The van der Waals surface area contributed by atoms with Crippen molar-refractivity contribution in [3.05, 3.63) is 52.7 Å². The van der Waals surface area contributed by atoms with E-state index in [0.29, 0.717) is 16.7 Å². The van der Waals surface area contributed by atoms with Crippen molar-refractivity contribution in [2.75, 3.05) is 5.32 Å². The zero-order chi connectivity index (χ0) is 18.0. The van der Waals surface area contributed by atoms with Gasteiger partial charge in [-0.2, -0.15) is 5.10 Å². The zero-order valence-electron chi connectivity index (χ0n) is 14.6. The smallest absolute Gasteiger partial charge is 0.261 e. The van der Waals surface area contributed by atoms with Gasteiger partial charge in [0, 0.05) is 6.07 Å². The lowest BCUT2D eigenvalue weighted by Gasteiger charge is -2.14. The highest BCUT2D eigenvalue weighted by Crippen LogP contribution is 2.16. The molecule has 3 rings (SSSR count). The number of nitrogens with zero attached hydrogens (tertiary/aromatic N) is 4. The summed E-state index contributed by atoms with van der Waals surface area (Å²) in [6.07, 6.45) is 3.97. The number of amides is 1. The van der Waals surface area contributed by atoms with Crippen molar-refractivity contribution in [2.45, 2.75) is 39.8 Å². The second-order valence-electron chi connectivity index (χ2n) is 6.12. The Bertz CT molecular complexity index is 973. The Balaban J connectivity index is 1.82. The monoisotopic (exact) mass is 339 g/mol. The minimum atomic E-state index is -0.291. The van der Waals surface area contributed by atoms with Crippen molar-refractivity contribution in [1.82, 2.24) is 19.3 Å². The lowest BCUT2D eigenvalue weighted by molar-refractivity contribution is -0.116. The zero-order valence-corrected chi connectivity index (χ0v) is 14.6. The Morgan fingerprint density at radius 3 is 2.88 bits per heavy atom. The standard InChI is InChI=1S/C18H21N5O2/c1-4-13(3)23-15(8-9-20-23)21-16(24)10-22-11-19-17-12(2)6-5-7-14(17)18(22)25/h5-9,11,13H,4,10H2,1-3H3,(H,21,24). The molecule has 0 radical (unpaired) electrons. The molecule has 0 spiro atoms. The van der Waals surface area contributed by atoms with Crippen LogP contribution in [0.4, 0.5) is 5.82 Å². The summed E-state index contributed by atoms with van der Waals surface area (Å²) in [6, 6.07) is 7.37. The highest BCUT2D eigenvalue weighted by atomic mass is 16.2. The Morgan fingerprint density at radius 2 is 2.12 bits per heavy atom. The Morgan fingerprint density at radius 1 is 1.32 bits per heavy atom. The van der Waals surface area contributed by atoms with Gasteiger partial charge in [0.25, 0.3) is 5.56 Å². The number of benzene rings is 1. The molecule has 2 heterocycles. The van der Waals surface area contributed by atoms with Crippen molar-refractivity contribution in [3.63, 3.8) is 0 Å². The second-order valence-corrected chi connectivity index (χ2v) is 6.12. The molecule has 130 valence electrons.